The van der Waals surface area contributed by atoms with Gasteiger partial charge in [-0.25, -0.2) is 0 Å². The van der Waals surface area contributed by atoms with E-state index in [0.29, 0.717) is 12.5 Å². The summed E-state index contributed by atoms with van der Waals surface area (Å²) in [6.45, 7) is 0.526. The van der Waals surface area contributed by atoms with Crippen molar-refractivity contribution in [3.05, 3.63) is 0 Å². The quantitative estimate of drug-likeness (QED) is 0.739. The molecule has 0 aromatic heterocycles. The van der Waals surface area contributed by atoms with Gasteiger partial charge in [0, 0.05) is 53.1 Å². The van der Waals surface area contributed by atoms with E-state index < -0.39 is 17.9 Å². The van der Waals surface area contributed by atoms with Crippen molar-refractivity contribution in [1.82, 2.24) is 0 Å². The van der Waals surface area contributed by atoms with Crippen LogP contribution in [0.2, 0.25) is 0 Å². The molecule has 0 unspecified atom stereocenters. The fourth-order valence-electron chi connectivity index (χ4n) is 4.56. The molecule has 3 fully saturated rings. The zero-order valence-corrected chi connectivity index (χ0v) is 14.0. The molecule has 0 amide bonds. The first-order valence-corrected chi connectivity index (χ1v) is 8.12. The fraction of sp³-hybridized carbons (Fsp3) is 1.00. The van der Waals surface area contributed by atoms with Crippen molar-refractivity contribution in [3.63, 3.8) is 0 Å². The van der Waals surface area contributed by atoms with E-state index in [4.69, 9.17) is 28.4 Å². The maximum Gasteiger partial charge on any atom is 0.220 e. The number of hydrogen-bond donors (Lipinski definition) is 0. The molecular weight excluding hydrogens is 288 g/mol. The Bertz CT molecular complexity index is 385. The predicted octanol–water partition coefficient (Wildman–Crippen LogP) is 1.92. The summed E-state index contributed by atoms with van der Waals surface area (Å²) >= 11 is 0. The van der Waals surface area contributed by atoms with Crippen LogP contribution < -0.4 is 0 Å². The minimum atomic E-state index is -0.871. The third-order valence-electron chi connectivity index (χ3n) is 5.77. The third-order valence-corrected chi connectivity index (χ3v) is 5.77. The molecule has 0 aromatic carbocycles. The first-order chi connectivity index (χ1) is 10.6. The summed E-state index contributed by atoms with van der Waals surface area (Å²) in [6, 6.07) is 0. The lowest BCUT2D eigenvalue weighted by atomic mass is 9.68. The monoisotopic (exact) mass is 316 g/mol. The second-order valence-electron chi connectivity index (χ2n) is 6.51. The van der Waals surface area contributed by atoms with Crippen LogP contribution in [0.25, 0.3) is 0 Å². The molecular formula is C16H28O6. The van der Waals surface area contributed by atoms with E-state index in [1.54, 1.807) is 28.4 Å². The molecule has 0 N–H and O–H groups in total. The van der Waals surface area contributed by atoms with E-state index in [9.17, 15) is 0 Å². The van der Waals surface area contributed by atoms with Gasteiger partial charge >= 0.3 is 0 Å². The highest BCUT2D eigenvalue weighted by atomic mass is 16.8. The Morgan fingerprint density at radius 3 is 2.41 bits per heavy atom. The first-order valence-electron chi connectivity index (χ1n) is 8.12. The van der Waals surface area contributed by atoms with Gasteiger partial charge in [-0.15, -0.1) is 0 Å². The molecule has 128 valence electrons. The normalized spacial score (nSPS) is 44.2. The van der Waals surface area contributed by atoms with Crippen LogP contribution in [0.4, 0.5) is 0 Å². The van der Waals surface area contributed by atoms with Crippen LogP contribution in [0.15, 0.2) is 0 Å². The number of methoxy groups -OCH3 is 4. The molecule has 5 atom stereocenters. The smallest absolute Gasteiger partial charge is 0.220 e. The predicted molar refractivity (Wildman–Crippen MR) is 78.2 cm³/mol. The minimum absolute atomic E-state index is 0.00486. The highest BCUT2D eigenvalue weighted by Gasteiger charge is 2.59. The van der Waals surface area contributed by atoms with E-state index in [1.807, 2.05) is 0 Å². The molecule has 2 saturated heterocycles. The van der Waals surface area contributed by atoms with E-state index in [-0.39, 0.29) is 12.0 Å². The molecule has 0 spiro atoms. The van der Waals surface area contributed by atoms with Gasteiger partial charge in [0.1, 0.15) is 0 Å². The van der Waals surface area contributed by atoms with Crippen molar-refractivity contribution in [2.24, 2.45) is 11.8 Å². The van der Waals surface area contributed by atoms with Crippen LogP contribution in [-0.4, -0.2) is 59.0 Å². The Morgan fingerprint density at radius 1 is 1.00 bits per heavy atom. The summed E-state index contributed by atoms with van der Waals surface area (Å²) in [6.07, 6.45) is 4.53. The second kappa shape index (κ2) is 6.34. The minimum Gasteiger partial charge on any atom is -0.353 e. The zero-order chi connectivity index (χ0) is 15.8. The van der Waals surface area contributed by atoms with Crippen LogP contribution >= 0.6 is 0 Å². The summed E-state index contributed by atoms with van der Waals surface area (Å²) in [5.41, 5.74) is 0. The Balaban J connectivity index is 1.88. The van der Waals surface area contributed by atoms with Gasteiger partial charge in [0.25, 0.3) is 0 Å². The van der Waals surface area contributed by atoms with Crippen molar-refractivity contribution in [3.8, 4) is 0 Å². The van der Waals surface area contributed by atoms with Crippen LogP contribution in [0.5, 0.6) is 0 Å². The lowest BCUT2D eigenvalue weighted by Gasteiger charge is -2.57. The Morgan fingerprint density at radius 2 is 1.77 bits per heavy atom. The molecule has 6 heteroatoms. The highest BCUT2D eigenvalue weighted by molar-refractivity contribution is 5.00. The molecule has 0 radical (unpaired) electrons. The maximum absolute atomic E-state index is 6.13. The van der Waals surface area contributed by atoms with Gasteiger partial charge in [0.2, 0.25) is 12.1 Å². The first kappa shape index (κ1) is 16.6. The summed E-state index contributed by atoms with van der Waals surface area (Å²) in [7, 11) is 6.65. The van der Waals surface area contributed by atoms with Crippen molar-refractivity contribution < 1.29 is 28.4 Å². The Hall–Kier alpha value is -0.240. The van der Waals surface area contributed by atoms with Gasteiger partial charge in [-0.05, 0) is 12.8 Å². The van der Waals surface area contributed by atoms with E-state index in [0.717, 1.165) is 25.7 Å². The van der Waals surface area contributed by atoms with Crippen LogP contribution in [0.3, 0.4) is 0 Å². The maximum atomic E-state index is 6.13. The lowest BCUT2D eigenvalue weighted by Crippen LogP contribution is -2.65. The van der Waals surface area contributed by atoms with Gasteiger partial charge in [-0.1, -0.05) is 6.42 Å². The van der Waals surface area contributed by atoms with E-state index in [2.05, 4.69) is 0 Å². The summed E-state index contributed by atoms with van der Waals surface area (Å²) in [5, 5.41) is 0. The molecule has 2 heterocycles. The van der Waals surface area contributed by atoms with Crippen LogP contribution in [-0.2, 0) is 28.4 Å². The molecule has 2 aliphatic heterocycles. The summed E-state index contributed by atoms with van der Waals surface area (Å²) in [5.74, 6) is -0.770. The van der Waals surface area contributed by atoms with Crippen LogP contribution in [0, 0.1) is 11.8 Å². The topological polar surface area (TPSA) is 55.4 Å². The standard InChI is InChI=1S/C16H28O6/c1-17-14-16(19-3,20-4)9-11-12-7-5-6-8-15(12,18-2)21-10-13(11)22-14/h11-14H,5-10H2,1-4H3/t11-,12-,13-,14+,15+/m1/s1. The Labute approximate surface area is 132 Å². The number of hydrogen-bond acceptors (Lipinski definition) is 6. The zero-order valence-electron chi connectivity index (χ0n) is 14.0. The van der Waals surface area contributed by atoms with Gasteiger partial charge in [-0.3, -0.25) is 0 Å². The largest absolute Gasteiger partial charge is 0.353 e. The van der Waals surface area contributed by atoms with Crippen molar-refractivity contribution in [2.45, 2.75) is 56.1 Å². The summed E-state index contributed by atoms with van der Waals surface area (Å²) < 4.78 is 34.9. The number of fused-ring (bicyclic) bond motifs is 3. The van der Waals surface area contributed by atoms with Gasteiger partial charge in [0.15, 0.2) is 5.79 Å². The average molecular weight is 316 g/mol. The number of rotatable bonds is 4. The average Bonchev–Trinajstić information content (AvgIpc) is 2.60. The number of ether oxygens (including phenoxy) is 6. The molecule has 1 saturated carbocycles. The fourth-order valence-corrected chi connectivity index (χ4v) is 4.56. The molecule has 0 aromatic rings. The lowest BCUT2D eigenvalue weighted by molar-refractivity contribution is -0.411. The third kappa shape index (κ3) is 2.41. The van der Waals surface area contributed by atoms with Crippen molar-refractivity contribution in [1.29, 1.82) is 0 Å². The molecule has 3 aliphatic rings. The van der Waals surface area contributed by atoms with E-state index >= 15 is 0 Å². The van der Waals surface area contributed by atoms with E-state index in [1.165, 1.54) is 6.42 Å². The van der Waals surface area contributed by atoms with Crippen molar-refractivity contribution >= 4 is 0 Å². The van der Waals surface area contributed by atoms with Gasteiger partial charge in [0.05, 0.1) is 12.7 Å². The molecule has 6 nitrogen and oxygen atoms in total. The molecule has 1 aliphatic carbocycles. The summed E-state index contributed by atoms with van der Waals surface area (Å²) in [4.78, 5) is 0. The second-order valence-corrected chi connectivity index (χ2v) is 6.51. The highest BCUT2D eigenvalue weighted by Crippen LogP contribution is 2.52. The molecule has 22 heavy (non-hydrogen) atoms. The Kier molecular flexibility index (Phi) is 4.79. The van der Waals surface area contributed by atoms with Crippen LogP contribution in [0.1, 0.15) is 32.1 Å². The van der Waals surface area contributed by atoms with Crippen molar-refractivity contribution in [2.75, 3.05) is 35.0 Å². The SMILES string of the molecule is CO[C@H]1O[C@@H]2CO[C@@]3(OC)CCCC[C@@H]3[C@H]2CC1(OC)OC. The van der Waals surface area contributed by atoms with Gasteiger partial charge < -0.3 is 28.4 Å². The molecule has 3 rings (SSSR count). The van der Waals surface area contributed by atoms with Gasteiger partial charge in [-0.2, -0.15) is 0 Å². The molecule has 0 bridgehead atoms.